The van der Waals surface area contributed by atoms with E-state index in [1.54, 1.807) is 25.5 Å². The van der Waals surface area contributed by atoms with E-state index < -0.39 is 11.7 Å². The van der Waals surface area contributed by atoms with Crippen molar-refractivity contribution in [1.29, 1.82) is 0 Å². The van der Waals surface area contributed by atoms with Gasteiger partial charge in [-0.05, 0) is 36.4 Å². The van der Waals surface area contributed by atoms with Crippen molar-refractivity contribution in [2.45, 2.75) is 19.3 Å². The minimum absolute atomic E-state index is 0.248. The number of halogens is 3. The summed E-state index contributed by atoms with van der Waals surface area (Å²) in [4.78, 5) is 5.76. The number of nitrogens with zero attached hydrogens (tertiary/aromatic N) is 2. The van der Waals surface area contributed by atoms with E-state index in [0.29, 0.717) is 6.54 Å². The molecule has 2 nitrogen and oxygen atoms in total. The van der Waals surface area contributed by atoms with Crippen molar-refractivity contribution < 1.29 is 13.2 Å². The summed E-state index contributed by atoms with van der Waals surface area (Å²) in [7, 11) is 1.80. The van der Waals surface area contributed by atoms with Gasteiger partial charge in [-0.25, -0.2) is 0 Å². The Morgan fingerprint density at radius 2 is 1.65 bits per heavy atom. The molecular formula is C15H15F3N2. The van der Waals surface area contributed by atoms with Crippen LogP contribution in [0.1, 0.15) is 16.7 Å². The molecule has 0 aliphatic rings. The molecule has 0 fully saturated rings. The van der Waals surface area contributed by atoms with E-state index >= 15 is 0 Å². The second-order valence-corrected chi connectivity index (χ2v) is 4.68. The van der Waals surface area contributed by atoms with E-state index in [0.717, 1.165) is 11.6 Å². The van der Waals surface area contributed by atoms with Crippen LogP contribution in [-0.2, 0) is 19.3 Å². The largest absolute Gasteiger partial charge is 0.416 e. The molecule has 0 saturated heterocycles. The monoisotopic (exact) mass is 280 g/mol. The predicted molar refractivity (Wildman–Crippen MR) is 70.9 cm³/mol. The van der Waals surface area contributed by atoms with Crippen LogP contribution >= 0.6 is 0 Å². The molecule has 1 heterocycles. The van der Waals surface area contributed by atoms with E-state index in [2.05, 4.69) is 4.98 Å². The first-order chi connectivity index (χ1) is 9.47. The minimum atomic E-state index is -4.31. The SMILES string of the molecule is CN(Cc1ccncc1)Cc1ccccc1C(F)(F)F. The van der Waals surface area contributed by atoms with Gasteiger partial charge in [0, 0.05) is 25.5 Å². The molecule has 1 aromatic heterocycles. The van der Waals surface area contributed by atoms with Crippen molar-refractivity contribution in [3.8, 4) is 0 Å². The topological polar surface area (TPSA) is 16.1 Å². The van der Waals surface area contributed by atoms with E-state index in [1.807, 2.05) is 17.0 Å². The van der Waals surface area contributed by atoms with Gasteiger partial charge in [-0.15, -0.1) is 0 Å². The van der Waals surface area contributed by atoms with Gasteiger partial charge in [-0.3, -0.25) is 9.88 Å². The number of hydrogen-bond donors (Lipinski definition) is 0. The number of aromatic nitrogens is 1. The highest BCUT2D eigenvalue weighted by Crippen LogP contribution is 2.32. The van der Waals surface area contributed by atoms with Crippen molar-refractivity contribution in [1.82, 2.24) is 9.88 Å². The van der Waals surface area contributed by atoms with Gasteiger partial charge in [0.05, 0.1) is 5.56 Å². The van der Waals surface area contributed by atoms with E-state index in [-0.39, 0.29) is 12.1 Å². The molecule has 0 aliphatic heterocycles. The van der Waals surface area contributed by atoms with E-state index in [9.17, 15) is 13.2 Å². The van der Waals surface area contributed by atoms with Gasteiger partial charge in [0.2, 0.25) is 0 Å². The molecule has 20 heavy (non-hydrogen) atoms. The normalized spacial score (nSPS) is 11.8. The van der Waals surface area contributed by atoms with Crippen LogP contribution in [0.3, 0.4) is 0 Å². The molecule has 0 atom stereocenters. The number of benzene rings is 1. The van der Waals surface area contributed by atoms with Crippen LogP contribution in [-0.4, -0.2) is 16.9 Å². The average molecular weight is 280 g/mol. The second kappa shape index (κ2) is 6.05. The molecular weight excluding hydrogens is 265 g/mol. The summed E-state index contributed by atoms with van der Waals surface area (Å²) < 4.78 is 38.7. The lowest BCUT2D eigenvalue weighted by Gasteiger charge is -2.19. The average Bonchev–Trinajstić information content (AvgIpc) is 2.39. The lowest BCUT2D eigenvalue weighted by Crippen LogP contribution is -2.20. The van der Waals surface area contributed by atoms with Crippen molar-refractivity contribution in [2.75, 3.05) is 7.05 Å². The smallest absolute Gasteiger partial charge is 0.298 e. The Morgan fingerprint density at radius 3 is 2.30 bits per heavy atom. The molecule has 1 aromatic carbocycles. The maximum Gasteiger partial charge on any atom is 0.416 e. The number of pyridine rings is 1. The van der Waals surface area contributed by atoms with Crippen LogP contribution in [0.4, 0.5) is 13.2 Å². The third-order valence-corrected chi connectivity index (χ3v) is 2.96. The zero-order chi connectivity index (χ0) is 14.6. The van der Waals surface area contributed by atoms with Gasteiger partial charge in [-0.2, -0.15) is 13.2 Å². The first kappa shape index (κ1) is 14.5. The quantitative estimate of drug-likeness (QED) is 0.848. The van der Waals surface area contributed by atoms with Gasteiger partial charge in [0.15, 0.2) is 0 Å². The summed E-state index contributed by atoms with van der Waals surface area (Å²) in [6.07, 6.45) is -0.965. The molecule has 0 radical (unpaired) electrons. The maximum absolute atomic E-state index is 12.9. The number of alkyl halides is 3. The van der Waals surface area contributed by atoms with Crippen molar-refractivity contribution in [2.24, 2.45) is 0 Å². The molecule has 0 spiro atoms. The molecule has 0 N–H and O–H groups in total. The molecule has 2 aromatic rings. The third-order valence-electron chi connectivity index (χ3n) is 2.96. The fourth-order valence-electron chi connectivity index (χ4n) is 2.08. The Bertz CT molecular complexity index is 553. The lowest BCUT2D eigenvalue weighted by molar-refractivity contribution is -0.138. The summed E-state index contributed by atoms with van der Waals surface area (Å²) in [5.41, 5.74) is 0.741. The molecule has 0 amide bonds. The predicted octanol–water partition coefficient (Wildman–Crippen LogP) is 3.73. The van der Waals surface area contributed by atoms with Gasteiger partial charge < -0.3 is 0 Å². The molecule has 0 bridgehead atoms. The molecule has 0 aliphatic carbocycles. The first-order valence-corrected chi connectivity index (χ1v) is 6.19. The van der Waals surface area contributed by atoms with Gasteiger partial charge in [0.1, 0.15) is 0 Å². The highest BCUT2D eigenvalue weighted by atomic mass is 19.4. The van der Waals surface area contributed by atoms with Gasteiger partial charge in [0.25, 0.3) is 0 Å². The number of hydrogen-bond acceptors (Lipinski definition) is 2. The Hall–Kier alpha value is -1.88. The second-order valence-electron chi connectivity index (χ2n) is 4.68. The summed E-state index contributed by atoms with van der Waals surface area (Å²) in [5.74, 6) is 0. The zero-order valence-electron chi connectivity index (χ0n) is 11.1. The van der Waals surface area contributed by atoms with Crippen LogP contribution in [0.15, 0.2) is 48.8 Å². The van der Waals surface area contributed by atoms with Crippen LogP contribution in [0.2, 0.25) is 0 Å². The van der Waals surface area contributed by atoms with Crippen molar-refractivity contribution >= 4 is 0 Å². The third kappa shape index (κ3) is 3.81. The van der Waals surface area contributed by atoms with Crippen molar-refractivity contribution in [3.63, 3.8) is 0 Å². The lowest BCUT2D eigenvalue weighted by atomic mass is 10.1. The summed E-state index contributed by atoms with van der Waals surface area (Å²) in [5, 5.41) is 0. The fraction of sp³-hybridized carbons (Fsp3) is 0.267. The summed E-state index contributed by atoms with van der Waals surface area (Å²) in [6, 6.07) is 9.39. The number of rotatable bonds is 4. The first-order valence-electron chi connectivity index (χ1n) is 6.19. The van der Waals surface area contributed by atoms with Gasteiger partial charge >= 0.3 is 6.18 Å². The van der Waals surface area contributed by atoms with E-state index in [4.69, 9.17) is 0 Å². The molecule has 0 unspecified atom stereocenters. The fourth-order valence-corrected chi connectivity index (χ4v) is 2.08. The minimum Gasteiger partial charge on any atom is -0.298 e. The van der Waals surface area contributed by atoms with Crippen molar-refractivity contribution in [3.05, 3.63) is 65.5 Å². The summed E-state index contributed by atoms with van der Waals surface area (Å²) in [6.45, 7) is 0.826. The Kier molecular flexibility index (Phi) is 4.39. The zero-order valence-corrected chi connectivity index (χ0v) is 11.1. The molecule has 106 valence electrons. The Balaban J connectivity index is 2.10. The Morgan fingerprint density at radius 1 is 1.00 bits per heavy atom. The Labute approximate surface area is 115 Å². The summed E-state index contributed by atoms with van der Waals surface area (Å²) >= 11 is 0. The van der Waals surface area contributed by atoms with Crippen LogP contribution < -0.4 is 0 Å². The molecule has 2 rings (SSSR count). The maximum atomic E-state index is 12.9. The van der Waals surface area contributed by atoms with Crippen LogP contribution in [0, 0.1) is 0 Å². The highest BCUT2D eigenvalue weighted by molar-refractivity contribution is 5.29. The highest BCUT2D eigenvalue weighted by Gasteiger charge is 2.32. The standard InChI is InChI=1S/C15H15F3N2/c1-20(10-12-6-8-19-9-7-12)11-13-4-2-3-5-14(13)15(16,17)18/h2-9H,10-11H2,1H3. The van der Waals surface area contributed by atoms with E-state index in [1.165, 1.54) is 12.1 Å². The van der Waals surface area contributed by atoms with Gasteiger partial charge in [-0.1, -0.05) is 18.2 Å². The molecule has 0 saturated carbocycles. The van der Waals surface area contributed by atoms with Crippen LogP contribution in [0.5, 0.6) is 0 Å². The van der Waals surface area contributed by atoms with Crippen LogP contribution in [0.25, 0.3) is 0 Å². The molecule has 5 heteroatoms.